The molecule has 20 heavy (non-hydrogen) atoms. The summed E-state index contributed by atoms with van der Waals surface area (Å²) < 4.78 is 79.1. The minimum absolute atomic E-state index is 0.232. The Morgan fingerprint density at radius 1 is 1.10 bits per heavy atom. The molecule has 1 aromatic heterocycles. The molecule has 2 atom stereocenters. The summed E-state index contributed by atoms with van der Waals surface area (Å²) in [5.41, 5.74) is 5.46. The predicted molar refractivity (Wildman–Crippen MR) is 62.4 cm³/mol. The molecule has 0 aromatic carbocycles. The van der Waals surface area contributed by atoms with Crippen molar-refractivity contribution in [2.75, 3.05) is 0 Å². The van der Waals surface area contributed by atoms with Crippen LogP contribution < -0.4 is 5.73 Å². The summed E-state index contributed by atoms with van der Waals surface area (Å²) in [6.07, 6.45) is -16.4. The number of ether oxygens (including phenoxy) is 1. The molecular weight excluding hydrogens is 308 g/mol. The maximum atomic E-state index is 12.5. The van der Waals surface area contributed by atoms with E-state index in [4.69, 9.17) is 5.73 Å². The molecule has 1 heterocycles. The summed E-state index contributed by atoms with van der Waals surface area (Å²) in [6.45, 7) is 2.97. The molecule has 0 saturated carbocycles. The summed E-state index contributed by atoms with van der Waals surface area (Å²) >= 11 is 1.05. The zero-order valence-electron chi connectivity index (χ0n) is 10.5. The van der Waals surface area contributed by atoms with Crippen LogP contribution in [0.4, 0.5) is 26.3 Å². The number of hydrogen-bond acceptors (Lipinski definition) is 3. The Morgan fingerprint density at radius 2 is 1.60 bits per heavy atom. The highest BCUT2D eigenvalue weighted by Gasteiger charge is 2.59. The standard InChI is InChI=1S/C11H13F6NOS/c1-5-3-4-7(20-5)8(6(2)18)19-9(10(12,13)14)11(15,16)17/h3-4,6,8-9H,18H2,1-2H3. The molecule has 0 aliphatic heterocycles. The fourth-order valence-electron chi connectivity index (χ4n) is 1.54. The second-order valence-electron chi connectivity index (χ2n) is 4.33. The lowest BCUT2D eigenvalue weighted by Gasteiger charge is -2.29. The zero-order valence-corrected chi connectivity index (χ0v) is 11.4. The van der Waals surface area contributed by atoms with Gasteiger partial charge in [0.05, 0.1) is 0 Å². The average Bonchev–Trinajstić information content (AvgIpc) is 2.60. The second kappa shape index (κ2) is 5.90. The van der Waals surface area contributed by atoms with Gasteiger partial charge in [0.1, 0.15) is 6.10 Å². The van der Waals surface area contributed by atoms with Gasteiger partial charge in [-0.2, -0.15) is 26.3 Å². The third-order valence-corrected chi connectivity index (χ3v) is 3.46. The first-order valence-electron chi connectivity index (χ1n) is 5.53. The molecule has 9 heteroatoms. The normalized spacial score (nSPS) is 16.5. The van der Waals surface area contributed by atoms with Crippen LogP contribution in [0.3, 0.4) is 0 Å². The molecule has 0 amide bonds. The second-order valence-corrected chi connectivity index (χ2v) is 5.65. The molecule has 2 nitrogen and oxygen atoms in total. The fourth-order valence-corrected chi connectivity index (χ4v) is 2.57. The quantitative estimate of drug-likeness (QED) is 0.852. The SMILES string of the molecule is Cc1ccc(C(OC(C(F)(F)F)C(F)(F)F)C(C)N)s1. The van der Waals surface area contributed by atoms with Crippen LogP contribution in [0.15, 0.2) is 12.1 Å². The Bertz CT molecular complexity index is 425. The van der Waals surface area contributed by atoms with E-state index in [9.17, 15) is 26.3 Å². The van der Waals surface area contributed by atoms with Gasteiger partial charge < -0.3 is 10.5 Å². The molecule has 0 bridgehead atoms. The minimum Gasteiger partial charge on any atom is -0.350 e. The summed E-state index contributed by atoms with van der Waals surface area (Å²) in [7, 11) is 0. The number of nitrogens with two attached hydrogens (primary N) is 1. The van der Waals surface area contributed by atoms with E-state index < -0.39 is 30.6 Å². The van der Waals surface area contributed by atoms with E-state index in [0.29, 0.717) is 0 Å². The van der Waals surface area contributed by atoms with Crippen molar-refractivity contribution in [2.24, 2.45) is 5.73 Å². The van der Waals surface area contributed by atoms with Gasteiger partial charge in [-0.05, 0) is 26.0 Å². The highest BCUT2D eigenvalue weighted by molar-refractivity contribution is 7.12. The zero-order chi connectivity index (χ0) is 15.7. The van der Waals surface area contributed by atoms with Crippen LogP contribution in [0.2, 0.25) is 0 Å². The maximum absolute atomic E-state index is 12.5. The number of rotatable bonds is 4. The van der Waals surface area contributed by atoms with Crippen LogP contribution in [0, 0.1) is 6.92 Å². The first-order valence-corrected chi connectivity index (χ1v) is 6.35. The summed E-state index contributed by atoms with van der Waals surface area (Å²) in [4.78, 5) is 0.973. The molecule has 1 rings (SSSR count). The monoisotopic (exact) mass is 321 g/mol. The highest BCUT2D eigenvalue weighted by Crippen LogP contribution is 2.40. The van der Waals surface area contributed by atoms with Gasteiger partial charge in [-0.25, -0.2) is 0 Å². The third kappa shape index (κ3) is 4.35. The number of halogens is 6. The van der Waals surface area contributed by atoms with Gasteiger partial charge in [-0.1, -0.05) is 0 Å². The highest BCUT2D eigenvalue weighted by atomic mass is 32.1. The number of hydrogen-bond donors (Lipinski definition) is 1. The van der Waals surface area contributed by atoms with Crippen molar-refractivity contribution in [3.05, 3.63) is 21.9 Å². The van der Waals surface area contributed by atoms with Crippen molar-refractivity contribution in [3.63, 3.8) is 0 Å². The lowest BCUT2D eigenvalue weighted by Crippen LogP contribution is -2.46. The first kappa shape index (κ1) is 17.3. The van der Waals surface area contributed by atoms with Crippen molar-refractivity contribution in [1.82, 2.24) is 0 Å². The molecule has 0 fully saturated rings. The molecule has 1 aromatic rings. The lowest BCUT2D eigenvalue weighted by molar-refractivity contribution is -0.332. The van der Waals surface area contributed by atoms with Gasteiger partial charge in [-0.3, -0.25) is 0 Å². The van der Waals surface area contributed by atoms with E-state index in [1.54, 1.807) is 13.0 Å². The van der Waals surface area contributed by atoms with Crippen LogP contribution in [-0.2, 0) is 4.74 Å². The molecule has 116 valence electrons. The van der Waals surface area contributed by atoms with Crippen LogP contribution in [-0.4, -0.2) is 24.5 Å². The van der Waals surface area contributed by atoms with E-state index in [1.165, 1.54) is 13.0 Å². The van der Waals surface area contributed by atoms with Crippen molar-refractivity contribution in [1.29, 1.82) is 0 Å². The number of aryl methyl sites for hydroxylation is 1. The Kier molecular flexibility index (Phi) is 5.09. The summed E-state index contributed by atoms with van der Waals surface area (Å²) in [6, 6.07) is 1.98. The maximum Gasteiger partial charge on any atom is 0.423 e. The molecule has 2 N–H and O–H groups in total. The molecule has 0 aliphatic rings. The average molecular weight is 321 g/mol. The van der Waals surface area contributed by atoms with Crippen LogP contribution >= 0.6 is 11.3 Å². The van der Waals surface area contributed by atoms with Gasteiger partial charge in [0.25, 0.3) is 0 Å². The van der Waals surface area contributed by atoms with Crippen LogP contribution in [0.1, 0.15) is 22.8 Å². The molecule has 0 aliphatic carbocycles. The Hall–Kier alpha value is -0.800. The van der Waals surface area contributed by atoms with E-state index in [0.717, 1.165) is 16.2 Å². The predicted octanol–water partition coefficient (Wildman–Crippen LogP) is 3.95. The first-order chi connectivity index (χ1) is 8.93. The van der Waals surface area contributed by atoms with E-state index in [-0.39, 0.29) is 4.88 Å². The lowest BCUT2D eigenvalue weighted by atomic mass is 10.1. The summed E-state index contributed by atoms with van der Waals surface area (Å²) in [5.74, 6) is 0. The van der Waals surface area contributed by atoms with Gasteiger partial charge in [0.2, 0.25) is 6.10 Å². The van der Waals surface area contributed by atoms with Crippen molar-refractivity contribution >= 4 is 11.3 Å². The Balaban J connectivity index is 3.05. The van der Waals surface area contributed by atoms with E-state index >= 15 is 0 Å². The molecule has 0 saturated heterocycles. The van der Waals surface area contributed by atoms with Crippen LogP contribution in [0.5, 0.6) is 0 Å². The summed E-state index contributed by atoms with van der Waals surface area (Å²) in [5, 5.41) is 0. The molecule has 0 radical (unpaired) electrons. The van der Waals surface area contributed by atoms with E-state index in [1.807, 2.05) is 0 Å². The number of alkyl halides is 6. The fraction of sp³-hybridized carbons (Fsp3) is 0.636. The Morgan fingerprint density at radius 3 is 1.90 bits per heavy atom. The third-order valence-electron chi connectivity index (χ3n) is 2.40. The minimum atomic E-state index is -5.54. The van der Waals surface area contributed by atoms with Gasteiger partial charge in [-0.15, -0.1) is 11.3 Å². The van der Waals surface area contributed by atoms with Crippen molar-refractivity contribution in [2.45, 2.75) is 44.4 Å². The molecule has 0 spiro atoms. The van der Waals surface area contributed by atoms with Crippen molar-refractivity contribution < 1.29 is 31.1 Å². The smallest absolute Gasteiger partial charge is 0.350 e. The van der Waals surface area contributed by atoms with Crippen LogP contribution in [0.25, 0.3) is 0 Å². The number of thiophene rings is 1. The molecule has 2 unspecified atom stereocenters. The topological polar surface area (TPSA) is 35.2 Å². The largest absolute Gasteiger partial charge is 0.423 e. The van der Waals surface area contributed by atoms with E-state index in [2.05, 4.69) is 4.74 Å². The van der Waals surface area contributed by atoms with Gasteiger partial charge in [0.15, 0.2) is 0 Å². The van der Waals surface area contributed by atoms with Crippen molar-refractivity contribution in [3.8, 4) is 0 Å². The Labute approximate surface area is 115 Å². The molecular formula is C11H13F6NOS. The van der Waals surface area contributed by atoms with Gasteiger partial charge in [0, 0.05) is 15.8 Å². The van der Waals surface area contributed by atoms with Gasteiger partial charge >= 0.3 is 12.4 Å².